The van der Waals surface area contributed by atoms with Gasteiger partial charge in [0, 0.05) is 19.1 Å². The Morgan fingerprint density at radius 3 is 1.92 bits per heavy atom. The van der Waals surface area contributed by atoms with Crippen LogP contribution in [0.4, 0.5) is 0 Å². The molecule has 0 radical (unpaired) electrons. The quantitative estimate of drug-likeness (QED) is 0.886. The maximum atomic E-state index is 10.5. The lowest BCUT2D eigenvalue weighted by atomic mass is 9.97. The van der Waals surface area contributed by atoms with E-state index in [0.29, 0.717) is 6.42 Å². The lowest BCUT2D eigenvalue weighted by Crippen LogP contribution is -2.54. The molecule has 128 valence electrons. The molecule has 1 aliphatic heterocycles. The summed E-state index contributed by atoms with van der Waals surface area (Å²) in [6.07, 6.45) is -1.43. The zero-order valence-corrected chi connectivity index (χ0v) is 14.0. The van der Waals surface area contributed by atoms with E-state index >= 15 is 0 Å². The highest BCUT2D eigenvalue weighted by molar-refractivity contribution is 5.17. The number of rotatable bonds is 5. The summed E-state index contributed by atoms with van der Waals surface area (Å²) in [7, 11) is 0. The highest BCUT2D eigenvalue weighted by Crippen LogP contribution is 2.26. The van der Waals surface area contributed by atoms with E-state index in [2.05, 4.69) is 29.2 Å². The van der Waals surface area contributed by atoms with Crippen LogP contribution in [0.25, 0.3) is 0 Å². The van der Waals surface area contributed by atoms with Crippen LogP contribution in [-0.4, -0.2) is 39.7 Å². The Morgan fingerprint density at radius 1 is 0.917 bits per heavy atom. The summed E-state index contributed by atoms with van der Waals surface area (Å²) in [4.78, 5) is 2.23. The number of benzene rings is 2. The van der Waals surface area contributed by atoms with Gasteiger partial charge < -0.3 is 14.9 Å². The lowest BCUT2D eigenvalue weighted by molar-refractivity contribution is -0.234. The molecule has 4 heteroatoms. The fourth-order valence-electron chi connectivity index (χ4n) is 3.33. The number of nitrogens with zero attached hydrogens (tertiary/aromatic N) is 1. The minimum Gasteiger partial charge on any atom is -0.386 e. The Labute approximate surface area is 143 Å². The molecule has 0 bridgehead atoms. The van der Waals surface area contributed by atoms with E-state index in [-0.39, 0.29) is 12.1 Å². The smallest absolute Gasteiger partial charge is 0.182 e. The number of hydrogen-bond acceptors (Lipinski definition) is 4. The molecule has 4 nitrogen and oxygen atoms in total. The van der Waals surface area contributed by atoms with E-state index in [0.717, 1.165) is 13.1 Å². The molecule has 1 fully saturated rings. The Kier molecular flexibility index (Phi) is 5.63. The van der Waals surface area contributed by atoms with Gasteiger partial charge in [0.05, 0.1) is 6.10 Å². The maximum Gasteiger partial charge on any atom is 0.182 e. The molecule has 3 rings (SSSR count). The molecule has 1 aliphatic rings. The van der Waals surface area contributed by atoms with Crippen LogP contribution < -0.4 is 0 Å². The molecule has 2 unspecified atom stereocenters. The second-order valence-corrected chi connectivity index (χ2v) is 6.51. The number of hydrogen-bond donors (Lipinski definition) is 2. The predicted molar refractivity (Wildman–Crippen MR) is 93.1 cm³/mol. The molecule has 0 spiro atoms. The molecule has 2 N–H and O–H groups in total. The highest BCUT2D eigenvalue weighted by Gasteiger charge is 2.38. The van der Waals surface area contributed by atoms with Gasteiger partial charge in [-0.15, -0.1) is 0 Å². The Balaban J connectivity index is 1.83. The fraction of sp³-hybridized carbons (Fsp3) is 0.400. The van der Waals surface area contributed by atoms with Gasteiger partial charge in [-0.3, -0.25) is 4.90 Å². The third-order valence-electron chi connectivity index (χ3n) is 4.56. The molecule has 1 saturated heterocycles. The van der Waals surface area contributed by atoms with Gasteiger partial charge in [0.25, 0.3) is 0 Å². The average Bonchev–Trinajstić information content (AvgIpc) is 2.59. The van der Waals surface area contributed by atoms with Gasteiger partial charge in [0.2, 0.25) is 0 Å². The fourth-order valence-corrected chi connectivity index (χ4v) is 3.33. The summed E-state index contributed by atoms with van der Waals surface area (Å²) in [6.45, 7) is 3.37. The first-order chi connectivity index (χ1) is 11.6. The van der Waals surface area contributed by atoms with Gasteiger partial charge in [-0.05, 0) is 24.5 Å². The first kappa shape index (κ1) is 17.1. The van der Waals surface area contributed by atoms with Crippen LogP contribution in [0.2, 0.25) is 0 Å². The second-order valence-electron chi connectivity index (χ2n) is 6.51. The van der Waals surface area contributed by atoms with E-state index in [9.17, 15) is 10.2 Å². The van der Waals surface area contributed by atoms with E-state index in [4.69, 9.17) is 4.74 Å². The maximum absolute atomic E-state index is 10.5. The molecule has 0 aliphatic carbocycles. The summed E-state index contributed by atoms with van der Waals surface area (Å²) in [5.74, 6) is 0. The monoisotopic (exact) mass is 327 g/mol. The van der Waals surface area contributed by atoms with Crippen LogP contribution in [0, 0.1) is 0 Å². The molecule has 0 aromatic heterocycles. The number of aliphatic hydroxyl groups excluding tert-OH is 2. The molecular weight excluding hydrogens is 302 g/mol. The molecule has 24 heavy (non-hydrogen) atoms. The third kappa shape index (κ3) is 4.22. The van der Waals surface area contributed by atoms with Crippen molar-refractivity contribution in [2.24, 2.45) is 0 Å². The SMILES string of the molecule is C[C@@H]1CC(N(Cc2ccccc2)Cc2ccccc2)C(O)[C@H](O)O1. The molecule has 0 saturated carbocycles. The third-order valence-corrected chi connectivity index (χ3v) is 4.56. The molecule has 2 aromatic rings. The normalized spacial score (nSPS) is 27.3. The molecule has 4 atom stereocenters. The first-order valence-electron chi connectivity index (χ1n) is 8.47. The summed E-state index contributed by atoms with van der Waals surface area (Å²) in [6, 6.07) is 20.3. The van der Waals surface area contributed by atoms with Crippen LogP contribution in [0.1, 0.15) is 24.5 Å². The van der Waals surface area contributed by atoms with Gasteiger partial charge in [-0.2, -0.15) is 0 Å². The van der Waals surface area contributed by atoms with Gasteiger partial charge in [-0.1, -0.05) is 60.7 Å². The second kappa shape index (κ2) is 7.90. The van der Waals surface area contributed by atoms with Crippen molar-refractivity contribution >= 4 is 0 Å². The predicted octanol–water partition coefficient (Wildman–Crippen LogP) is 2.55. The van der Waals surface area contributed by atoms with Crippen molar-refractivity contribution < 1.29 is 14.9 Å². The van der Waals surface area contributed by atoms with Crippen LogP contribution >= 0.6 is 0 Å². The average molecular weight is 327 g/mol. The Hall–Kier alpha value is -1.72. The van der Waals surface area contributed by atoms with E-state index in [1.807, 2.05) is 43.3 Å². The van der Waals surface area contributed by atoms with Crippen molar-refractivity contribution in [3.63, 3.8) is 0 Å². The standard InChI is InChI=1S/C20H25NO3/c1-15-12-18(19(22)20(23)24-15)21(13-16-8-4-2-5-9-16)14-17-10-6-3-7-11-17/h2-11,15,18-20,22-23H,12-14H2,1H3/t15-,18?,19?,20-/m1/s1. The summed E-state index contributed by atoms with van der Waals surface area (Å²) >= 11 is 0. The number of ether oxygens (including phenoxy) is 1. The minimum atomic E-state index is -1.13. The van der Waals surface area contributed by atoms with Gasteiger partial charge in [0.1, 0.15) is 6.10 Å². The van der Waals surface area contributed by atoms with Crippen molar-refractivity contribution in [2.75, 3.05) is 0 Å². The van der Waals surface area contributed by atoms with E-state index in [1.165, 1.54) is 11.1 Å². The van der Waals surface area contributed by atoms with Crippen molar-refractivity contribution in [3.05, 3.63) is 71.8 Å². The largest absolute Gasteiger partial charge is 0.386 e. The molecular formula is C20H25NO3. The van der Waals surface area contributed by atoms with Crippen LogP contribution in [-0.2, 0) is 17.8 Å². The topological polar surface area (TPSA) is 52.9 Å². The summed E-state index contributed by atoms with van der Waals surface area (Å²) < 4.78 is 5.36. The van der Waals surface area contributed by atoms with Crippen LogP contribution in [0.15, 0.2) is 60.7 Å². The van der Waals surface area contributed by atoms with Crippen LogP contribution in [0.3, 0.4) is 0 Å². The van der Waals surface area contributed by atoms with Crippen LogP contribution in [0.5, 0.6) is 0 Å². The van der Waals surface area contributed by atoms with E-state index < -0.39 is 12.4 Å². The summed E-state index contributed by atoms with van der Waals surface area (Å²) in [5.41, 5.74) is 2.38. The first-order valence-corrected chi connectivity index (χ1v) is 8.47. The van der Waals surface area contributed by atoms with Gasteiger partial charge in [0.15, 0.2) is 6.29 Å². The van der Waals surface area contributed by atoms with Crippen molar-refractivity contribution in [3.8, 4) is 0 Å². The summed E-state index contributed by atoms with van der Waals surface area (Å²) in [5, 5.41) is 20.5. The Morgan fingerprint density at radius 2 is 1.42 bits per heavy atom. The Bertz CT molecular complexity index is 578. The minimum absolute atomic E-state index is 0.0811. The van der Waals surface area contributed by atoms with Crippen molar-refractivity contribution in [1.29, 1.82) is 0 Å². The molecule has 2 aromatic carbocycles. The lowest BCUT2D eigenvalue weighted by Gasteiger charge is -2.42. The van der Waals surface area contributed by atoms with Crippen molar-refractivity contribution in [1.82, 2.24) is 4.90 Å². The zero-order chi connectivity index (χ0) is 16.9. The molecule has 0 amide bonds. The van der Waals surface area contributed by atoms with Gasteiger partial charge in [-0.25, -0.2) is 0 Å². The van der Waals surface area contributed by atoms with Gasteiger partial charge >= 0.3 is 0 Å². The van der Waals surface area contributed by atoms with Crippen molar-refractivity contribution in [2.45, 2.75) is 51.0 Å². The highest BCUT2D eigenvalue weighted by atomic mass is 16.6. The zero-order valence-electron chi connectivity index (χ0n) is 14.0. The number of aliphatic hydroxyl groups is 2. The van der Waals surface area contributed by atoms with E-state index in [1.54, 1.807) is 0 Å². The molecule has 1 heterocycles.